The van der Waals surface area contributed by atoms with Gasteiger partial charge in [-0.15, -0.1) is 0 Å². The number of carbonyl (C=O) groups excluding carboxylic acids is 4. The summed E-state index contributed by atoms with van der Waals surface area (Å²) < 4.78 is 68.5. The molecule has 0 amide bonds. The van der Waals surface area contributed by atoms with Crippen molar-refractivity contribution in [3.63, 3.8) is 0 Å². The van der Waals surface area contributed by atoms with Crippen molar-refractivity contribution in [1.82, 2.24) is 0 Å². The number of aliphatic hydroxyl groups excluding tert-OH is 1. The van der Waals surface area contributed by atoms with Gasteiger partial charge in [-0.25, -0.2) is 9.13 Å². The van der Waals surface area contributed by atoms with Crippen LogP contribution in [0.25, 0.3) is 0 Å². The second-order valence-electron chi connectivity index (χ2n) is 27.9. The van der Waals surface area contributed by atoms with E-state index in [4.69, 9.17) is 37.0 Å². The Morgan fingerprint density at radius 2 is 0.548 bits per heavy atom. The van der Waals surface area contributed by atoms with Gasteiger partial charge in [-0.3, -0.25) is 37.3 Å². The minimum atomic E-state index is -4.96. The van der Waals surface area contributed by atoms with E-state index in [9.17, 15) is 43.2 Å². The predicted octanol–water partition coefficient (Wildman–Crippen LogP) is 21.4. The van der Waals surface area contributed by atoms with Crippen LogP contribution in [0.2, 0.25) is 0 Å². The van der Waals surface area contributed by atoms with Crippen molar-refractivity contribution in [3.05, 3.63) is 0 Å². The summed E-state index contributed by atoms with van der Waals surface area (Å²) >= 11 is 0. The Kier molecular flexibility index (Phi) is 63.4. The molecule has 552 valence electrons. The summed E-state index contributed by atoms with van der Waals surface area (Å²) in [5.41, 5.74) is 0. The number of aliphatic hydroxyl groups is 1. The molecule has 19 heteroatoms. The lowest BCUT2D eigenvalue weighted by molar-refractivity contribution is -0.161. The van der Waals surface area contributed by atoms with Gasteiger partial charge in [-0.05, 0) is 43.4 Å². The van der Waals surface area contributed by atoms with Gasteiger partial charge in [0.15, 0.2) is 12.2 Å². The molecule has 0 fully saturated rings. The maximum atomic E-state index is 13.1. The lowest BCUT2D eigenvalue weighted by Crippen LogP contribution is -2.30. The highest BCUT2D eigenvalue weighted by Gasteiger charge is 2.30. The number of hydrogen-bond donors (Lipinski definition) is 3. The second-order valence-corrected chi connectivity index (χ2v) is 30.8. The first-order valence-corrected chi connectivity index (χ1v) is 41.4. The van der Waals surface area contributed by atoms with Crippen LogP contribution in [0.15, 0.2) is 0 Å². The Hall–Kier alpha value is -1.94. The molecule has 0 aliphatic carbocycles. The van der Waals surface area contributed by atoms with Crippen LogP contribution < -0.4 is 0 Å². The minimum absolute atomic E-state index is 0.105. The lowest BCUT2D eigenvalue weighted by Gasteiger charge is -2.21. The maximum Gasteiger partial charge on any atom is 0.472 e. The van der Waals surface area contributed by atoms with Gasteiger partial charge in [0.25, 0.3) is 0 Å². The van der Waals surface area contributed by atoms with Gasteiger partial charge in [0.2, 0.25) is 0 Å². The molecule has 0 aromatic heterocycles. The molecule has 0 saturated carbocycles. The van der Waals surface area contributed by atoms with E-state index in [2.05, 4.69) is 48.5 Å². The number of hydrogen-bond acceptors (Lipinski definition) is 15. The summed E-state index contributed by atoms with van der Waals surface area (Å²) in [5, 5.41) is 10.6. The third kappa shape index (κ3) is 67.0. The van der Waals surface area contributed by atoms with Crippen molar-refractivity contribution in [3.8, 4) is 0 Å². The Bertz CT molecular complexity index is 1820. The molecule has 0 bridgehead atoms. The van der Waals surface area contributed by atoms with Gasteiger partial charge in [-0.1, -0.05) is 325 Å². The number of ether oxygens (including phenoxy) is 4. The zero-order valence-corrected chi connectivity index (χ0v) is 62.5. The Morgan fingerprint density at radius 3 is 0.817 bits per heavy atom. The van der Waals surface area contributed by atoms with Gasteiger partial charge in [-0.2, -0.15) is 0 Å². The van der Waals surface area contributed by atoms with Crippen LogP contribution in [0.1, 0.15) is 376 Å². The van der Waals surface area contributed by atoms with Crippen LogP contribution in [-0.2, 0) is 65.4 Å². The number of esters is 4. The summed E-state index contributed by atoms with van der Waals surface area (Å²) in [4.78, 5) is 72.8. The van der Waals surface area contributed by atoms with Crippen molar-refractivity contribution in [2.75, 3.05) is 39.6 Å². The van der Waals surface area contributed by atoms with E-state index in [0.717, 1.165) is 108 Å². The van der Waals surface area contributed by atoms with Crippen LogP contribution in [0.4, 0.5) is 0 Å². The number of unbranched alkanes of at least 4 members (excludes halogenated alkanes) is 39. The SMILES string of the molecule is CCCCCCCCCCCCCCC(=O)OC[C@H](COP(=O)(O)OC[C@H](O)COP(=O)(O)OC[C@@H](COC(=O)CCCCCCCCCCCCCC(C)C)OC(=O)CCCCCCCCCCCCCCC(C)C)OC(=O)CCCCCCCCCCC(C)CC. The number of rotatable bonds is 72. The maximum absolute atomic E-state index is 13.1. The van der Waals surface area contributed by atoms with E-state index in [1.54, 1.807) is 0 Å². The molecule has 0 aliphatic heterocycles. The first-order chi connectivity index (χ1) is 44.8. The molecule has 0 saturated heterocycles. The van der Waals surface area contributed by atoms with Crippen molar-refractivity contribution in [1.29, 1.82) is 0 Å². The van der Waals surface area contributed by atoms with Gasteiger partial charge in [0.1, 0.15) is 19.3 Å². The van der Waals surface area contributed by atoms with E-state index in [1.165, 1.54) is 186 Å². The smallest absolute Gasteiger partial charge is 0.462 e. The van der Waals surface area contributed by atoms with Crippen LogP contribution in [-0.4, -0.2) is 96.7 Å². The van der Waals surface area contributed by atoms with E-state index < -0.39 is 97.5 Å². The fourth-order valence-electron chi connectivity index (χ4n) is 11.2. The number of phosphoric ester groups is 2. The molecule has 17 nitrogen and oxygen atoms in total. The van der Waals surface area contributed by atoms with E-state index in [1.807, 2.05) is 0 Å². The van der Waals surface area contributed by atoms with Crippen molar-refractivity contribution >= 4 is 39.5 Å². The third-order valence-electron chi connectivity index (χ3n) is 17.5. The molecule has 0 heterocycles. The number of phosphoric acid groups is 2. The van der Waals surface area contributed by atoms with Crippen molar-refractivity contribution < 1.29 is 80.2 Å². The zero-order valence-electron chi connectivity index (χ0n) is 60.7. The quantitative estimate of drug-likeness (QED) is 0.0222. The molecule has 0 spiro atoms. The second kappa shape index (κ2) is 64.7. The average molecular weight is 1370 g/mol. The average Bonchev–Trinajstić information content (AvgIpc) is 1.56. The van der Waals surface area contributed by atoms with Crippen LogP contribution >= 0.6 is 15.6 Å². The third-order valence-corrected chi connectivity index (χ3v) is 19.4. The fourth-order valence-corrected chi connectivity index (χ4v) is 12.8. The van der Waals surface area contributed by atoms with Gasteiger partial charge >= 0.3 is 39.5 Å². The van der Waals surface area contributed by atoms with Gasteiger partial charge < -0.3 is 33.8 Å². The Morgan fingerprint density at radius 1 is 0.312 bits per heavy atom. The summed E-state index contributed by atoms with van der Waals surface area (Å²) in [6, 6.07) is 0. The van der Waals surface area contributed by atoms with Crippen molar-refractivity contribution in [2.24, 2.45) is 17.8 Å². The summed E-state index contributed by atoms with van der Waals surface area (Å²) in [6.07, 6.45) is 49.7. The molecule has 3 N–H and O–H groups in total. The molecular formula is C74H144O17P2. The molecule has 0 rings (SSSR count). The molecule has 93 heavy (non-hydrogen) atoms. The highest BCUT2D eigenvalue weighted by atomic mass is 31.2. The van der Waals surface area contributed by atoms with Crippen LogP contribution in [0.3, 0.4) is 0 Å². The molecule has 6 atom stereocenters. The summed E-state index contributed by atoms with van der Waals surface area (Å²) in [5.74, 6) is 0.197. The van der Waals surface area contributed by atoms with E-state index in [-0.39, 0.29) is 25.7 Å². The Labute approximate surface area is 568 Å². The van der Waals surface area contributed by atoms with Crippen molar-refractivity contribution in [2.45, 2.75) is 394 Å². The molecule has 0 aliphatic rings. The van der Waals surface area contributed by atoms with Gasteiger partial charge in [0, 0.05) is 25.7 Å². The highest BCUT2D eigenvalue weighted by Crippen LogP contribution is 2.45. The normalized spacial score (nSPS) is 14.4. The van der Waals surface area contributed by atoms with E-state index >= 15 is 0 Å². The molecule has 0 aromatic carbocycles. The first-order valence-electron chi connectivity index (χ1n) is 38.4. The van der Waals surface area contributed by atoms with Gasteiger partial charge in [0.05, 0.1) is 26.4 Å². The van der Waals surface area contributed by atoms with Crippen LogP contribution in [0.5, 0.6) is 0 Å². The largest absolute Gasteiger partial charge is 0.472 e. The minimum Gasteiger partial charge on any atom is -0.462 e. The highest BCUT2D eigenvalue weighted by molar-refractivity contribution is 7.47. The molecule has 3 unspecified atom stereocenters. The fraction of sp³-hybridized carbons (Fsp3) is 0.946. The molecule has 0 radical (unpaired) electrons. The van der Waals surface area contributed by atoms with Crippen LogP contribution in [0, 0.1) is 17.8 Å². The topological polar surface area (TPSA) is 237 Å². The molecular weight excluding hydrogens is 1220 g/mol. The zero-order chi connectivity index (χ0) is 68.7. The lowest BCUT2D eigenvalue weighted by atomic mass is 9.99. The summed E-state index contributed by atoms with van der Waals surface area (Å²) in [6.45, 7) is 11.9. The predicted molar refractivity (Wildman–Crippen MR) is 377 cm³/mol. The standard InChI is InChI=1S/C74H144O17P2/c1-8-10-11-12-13-14-15-21-26-34-41-48-55-71(76)85-62-70(91-74(79)58-51-44-37-30-29-33-40-47-54-67(7)9-2)64-89-93(82,83)87-60-68(75)59-86-92(80,81)88-63-69(61-84-72(77)56-49-42-35-27-23-18-20-25-32-39-46-53-66(5)6)90-73(78)57-50-43-36-28-22-17-16-19-24-31-38-45-52-65(3)4/h65-70,75H,8-64H2,1-7H3,(H,80,81)(H,82,83)/t67?,68-,69-,70-/m1/s1. The molecule has 0 aromatic rings. The Balaban J connectivity index is 5.27. The monoisotopic (exact) mass is 1370 g/mol. The first kappa shape index (κ1) is 91.1. The number of carbonyl (C=O) groups is 4. The van der Waals surface area contributed by atoms with E-state index in [0.29, 0.717) is 25.7 Å². The summed E-state index contributed by atoms with van der Waals surface area (Å²) in [7, 11) is -9.91.